The Labute approximate surface area is 108 Å². The molecule has 0 saturated carbocycles. The second-order valence-electron chi connectivity index (χ2n) is 5.12. The molecule has 1 aromatic rings. The van der Waals surface area contributed by atoms with Gasteiger partial charge in [-0.25, -0.2) is 15.8 Å². The lowest BCUT2D eigenvalue weighted by molar-refractivity contribution is 0.170. The van der Waals surface area contributed by atoms with Gasteiger partial charge >= 0.3 is 0 Å². The van der Waals surface area contributed by atoms with E-state index >= 15 is 0 Å². The highest BCUT2D eigenvalue weighted by Gasteiger charge is 2.16. The maximum absolute atomic E-state index is 9.21. The number of hydrogen-bond acceptors (Lipinski definition) is 6. The van der Waals surface area contributed by atoms with Crippen molar-refractivity contribution in [3.05, 3.63) is 11.9 Å². The summed E-state index contributed by atoms with van der Waals surface area (Å²) in [5, 5.41) is 12.4. The van der Waals surface area contributed by atoms with E-state index in [1.165, 1.54) is 0 Å². The average Bonchev–Trinajstić information content (AvgIpc) is 2.37. The molecule has 0 unspecified atom stereocenters. The molecule has 1 aromatic heterocycles. The first kappa shape index (κ1) is 14.7. The summed E-state index contributed by atoms with van der Waals surface area (Å²) in [4.78, 5) is 8.68. The van der Waals surface area contributed by atoms with Crippen molar-refractivity contribution in [3.63, 3.8) is 0 Å². The number of hydrazine groups is 1. The quantitative estimate of drug-likeness (QED) is 0.430. The van der Waals surface area contributed by atoms with E-state index in [0.29, 0.717) is 12.4 Å². The highest BCUT2D eigenvalue weighted by Crippen LogP contribution is 2.16. The Morgan fingerprint density at radius 3 is 2.56 bits per heavy atom. The third-order valence-electron chi connectivity index (χ3n) is 2.57. The molecule has 0 aliphatic heterocycles. The van der Waals surface area contributed by atoms with Crippen LogP contribution in [0.1, 0.15) is 33.0 Å². The van der Waals surface area contributed by atoms with Crippen LogP contribution in [0.2, 0.25) is 0 Å². The summed E-state index contributed by atoms with van der Waals surface area (Å²) in [6.45, 7) is 6.80. The fraction of sp³-hybridized carbons (Fsp3) is 0.667. The first-order valence-electron chi connectivity index (χ1n) is 6.20. The minimum Gasteiger partial charge on any atom is -0.396 e. The second kappa shape index (κ2) is 6.51. The van der Waals surface area contributed by atoms with Gasteiger partial charge in [0.2, 0.25) is 0 Å². The zero-order valence-corrected chi connectivity index (χ0v) is 11.3. The van der Waals surface area contributed by atoms with Crippen LogP contribution in [0.5, 0.6) is 0 Å². The van der Waals surface area contributed by atoms with Gasteiger partial charge in [-0.15, -0.1) is 0 Å². The van der Waals surface area contributed by atoms with E-state index < -0.39 is 0 Å². The van der Waals surface area contributed by atoms with E-state index in [2.05, 4.69) is 27.6 Å². The molecule has 0 spiro atoms. The van der Waals surface area contributed by atoms with Crippen molar-refractivity contribution in [2.75, 3.05) is 23.9 Å². The minimum atomic E-state index is -0.188. The van der Waals surface area contributed by atoms with Gasteiger partial charge in [0.05, 0.1) is 0 Å². The van der Waals surface area contributed by atoms with Gasteiger partial charge in [-0.2, -0.15) is 0 Å². The Morgan fingerprint density at radius 1 is 1.33 bits per heavy atom. The van der Waals surface area contributed by atoms with Crippen LogP contribution in [0.4, 0.5) is 11.6 Å². The Balaban J connectivity index is 2.78. The number of aryl methyl sites for hydroxylation is 1. The highest BCUT2D eigenvalue weighted by molar-refractivity contribution is 5.47. The second-order valence-corrected chi connectivity index (χ2v) is 5.12. The van der Waals surface area contributed by atoms with Gasteiger partial charge in [-0.3, -0.25) is 0 Å². The molecule has 0 amide bonds. The normalized spacial score (nSPS) is 11.4. The van der Waals surface area contributed by atoms with Gasteiger partial charge in [0.15, 0.2) is 0 Å². The first-order valence-corrected chi connectivity index (χ1v) is 6.20. The molecule has 6 nitrogen and oxygen atoms in total. The molecule has 18 heavy (non-hydrogen) atoms. The Hall–Kier alpha value is -1.40. The lowest BCUT2D eigenvalue weighted by Gasteiger charge is -2.22. The van der Waals surface area contributed by atoms with E-state index in [4.69, 9.17) is 5.84 Å². The molecule has 0 saturated heterocycles. The summed E-state index contributed by atoms with van der Waals surface area (Å²) in [6, 6.07) is 1.76. The van der Waals surface area contributed by atoms with Crippen molar-refractivity contribution in [2.45, 2.75) is 33.6 Å². The third kappa shape index (κ3) is 4.46. The van der Waals surface area contributed by atoms with Gasteiger partial charge in [-0.1, -0.05) is 20.8 Å². The molecule has 0 atom stereocenters. The highest BCUT2D eigenvalue weighted by atomic mass is 16.3. The van der Waals surface area contributed by atoms with Gasteiger partial charge in [0.1, 0.15) is 17.5 Å². The SMILES string of the molecule is CCCc1nc(NN)cc(NCC(C)(C)CO)n1. The minimum absolute atomic E-state index is 0.120. The maximum atomic E-state index is 9.21. The van der Waals surface area contributed by atoms with E-state index in [1.54, 1.807) is 6.07 Å². The fourth-order valence-electron chi connectivity index (χ4n) is 1.38. The molecule has 1 heterocycles. The summed E-state index contributed by atoms with van der Waals surface area (Å²) >= 11 is 0. The smallest absolute Gasteiger partial charge is 0.145 e. The fourth-order valence-corrected chi connectivity index (χ4v) is 1.38. The van der Waals surface area contributed by atoms with Crippen molar-refractivity contribution in [1.82, 2.24) is 9.97 Å². The van der Waals surface area contributed by atoms with Crippen molar-refractivity contribution >= 4 is 11.6 Å². The van der Waals surface area contributed by atoms with Crippen molar-refractivity contribution < 1.29 is 5.11 Å². The zero-order chi connectivity index (χ0) is 13.6. The molecule has 0 aliphatic carbocycles. The molecule has 0 fully saturated rings. The van der Waals surface area contributed by atoms with Gasteiger partial charge < -0.3 is 15.8 Å². The largest absolute Gasteiger partial charge is 0.396 e. The van der Waals surface area contributed by atoms with E-state index in [9.17, 15) is 5.11 Å². The van der Waals surface area contributed by atoms with Crippen LogP contribution in [-0.4, -0.2) is 28.2 Å². The number of nitrogens with zero attached hydrogens (tertiary/aromatic N) is 2. The number of hydrogen-bond donors (Lipinski definition) is 4. The summed E-state index contributed by atoms with van der Waals surface area (Å²) < 4.78 is 0. The Kier molecular flexibility index (Phi) is 5.30. The van der Waals surface area contributed by atoms with Gasteiger partial charge in [-0.05, 0) is 6.42 Å². The van der Waals surface area contributed by atoms with E-state index in [1.807, 2.05) is 13.8 Å². The first-order chi connectivity index (χ1) is 8.50. The van der Waals surface area contributed by atoms with Crippen molar-refractivity contribution in [1.29, 1.82) is 0 Å². The summed E-state index contributed by atoms with van der Waals surface area (Å²) in [5.41, 5.74) is 2.35. The van der Waals surface area contributed by atoms with Gasteiger partial charge in [0, 0.05) is 31.1 Å². The molecule has 0 aromatic carbocycles. The van der Waals surface area contributed by atoms with Crippen LogP contribution in [0.15, 0.2) is 6.07 Å². The molecule has 5 N–H and O–H groups in total. The summed E-state index contributed by atoms with van der Waals surface area (Å²) in [6.07, 6.45) is 1.79. The molecular weight excluding hydrogens is 230 g/mol. The van der Waals surface area contributed by atoms with Crippen LogP contribution in [0, 0.1) is 5.41 Å². The third-order valence-corrected chi connectivity index (χ3v) is 2.57. The molecule has 0 bridgehead atoms. The van der Waals surface area contributed by atoms with Crippen LogP contribution in [0.3, 0.4) is 0 Å². The number of nitrogens with one attached hydrogen (secondary N) is 2. The number of aliphatic hydroxyl groups is 1. The Morgan fingerprint density at radius 2 is 2.00 bits per heavy atom. The van der Waals surface area contributed by atoms with E-state index in [0.717, 1.165) is 24.5 Å². The average molecular weight is 253 g/mol. The van der Waals surface area contributed by atoms with Crippen molar-refractivity contribution in [2.24, 2.45) is 11.3 Å². The predicted molar refractivity (Wildman–Crippen MR) is 73.2 cm³/mol. The monoisotopic (exact) mass is 253 g/mol. The van der Waals surface area contributed by atoms with Crippen LogP contribution >= 0.6 is 0 Å². The number of anilines is 2. The number of aromatic nitrogens is 2. The lowest BCUT2D eigenvalue weighted by Crippen LogP contribution is -2.27. The molecule has 6 heteroatoms. The number of nitrogen functional groups attached to an aromatic ring is 1. The van der Waals surface area contributed by atoms with Crippen LogP contribution in [-0.2, 0) is 6.42 Å². The number of aliphatic hydroxyl groups excluding tert-OH is 1. The van der Waals surface area contributed by atoms with Crippen LogP contribution < -0.4 is 16.6 Å². The topological polar surface area (TPSA) is 96.1 Å². The summed E-state index contributed by atoms with van der Waals surface area (Å²) in [7, 11) is 0. The lowest BCUT2D eigenvalue weighted by atomic mass is 9.95. The molecular formula is C12H23N5O. The Bertz CT molecular complexity index is 381. The summed E-state index contributed by atoms with van der Waals surface area (Å²) in [5.74, 6) is 7.47. The molecule has 102 valence electrons. The standard InChI is InChI=1S/C12H23N5O/c1-4-5-9-15-10(6-11(16-9)17-13)14-7-12(2,3)8-18/h6,18H,4-5,7-8,13H2,1-3H3,(H2,14,15,16,17). The van der Waals surface area contributed by atoms with Crippen molar-refractivity contribution in [3.8, 4) is 0 Å². The molecule has 0 radical (unpaired) electrons. The van der Waals surface area contributed by atoms with Gasteiger partial charge in [0.25, 0.3) is 0 Å². The predicted octanol–water partition coefficient (Wildman–Crippen LogP) is 1.15. The number of rotatable bonds is 7. The van der Waals surface area contributed by atoms with E-state index in [-0.39, 0.29) is 12.0 Å². The zero-order valence-electron chi connectivity index (χ0n) is 11.3. The molecule has 1 rings (SSSR count). The van der Waals surface area contributed by atoms with Crippen LogP contribution in [0.25, 0.3) is 0 Å². The maximum Gasteiger partial charge on any atom is 0.145 e. The molecule has 0 aliphatic rings. The number of nitrogens with two attached hydrogens (primary N) is 1.